The second kappa shape index (κ2) is 7.43. The van der Waals surface area contributed by atoms with Crippen molar-refractivity contribution in [2.75, 3.05) is 39.8 Å². The van der Waals surface area contributed by atoms with Gasteiger partial charge < -0.3 is 20.2 Å². The Hall–Kier alpha value is -1.59. The highest BCUT2D eigenvalue weighted by atomic mass is 16.3. The van der Waals surface area contributed by atoms with Crippen LogP contribution in [0.3, 0.4) is 0 Å². The number of rotatable bonds is 5. The number of aromatic hydroxyl groups is 1. The van der Waals surface area contributed by atoms with Crippen LogP contribution in [0.5, 0.6) is 5.75 Å². The molecule has 0 aliphatic carbocycles. The van der Waals surface area contributed by atoms with Crippen LogP contribution >= 0.6 is 0 Å². The topological polar surface area (TPSA) is 55.8 Å². The molecule has 1 heterocycles. The van der Waals surface area contributed by atoms with E-state index in [0.29, 0.717) is 13.0 Å². The van der Waals surface area contributed by atoms with Gasteiger partial charge in [0.2, 0.25) is 5.91 Å². The van der Waals surface area contributed by atoms with E-state index in [0.717, 1.165) is 31.7 Å². The molecule has 1 amide bonds. The second-order valence-electron chi connectivity index (χ2n) is 5.70. The molecule has 21 heavy (non-hydrogen) atoms. The predicted molar refractivity (Wildman–Crippen MR) is 83.2 cm³/mol. The van der Waals surface area contributed by atoms with Gasteiger partial charge in [-0.3, -0.25) is 4.79 Å². The van der Waals surface area contributed by atoms with Crippen LogP contribution in [0.4, 0.5) is 0 Å². The quantitative estimate of drug-likeness (QED) is 0.856. The Balaban J connectivity index is 1.72. The molecule has 1 aromatic rings. The van der Waals surface area contributed by atoms with E-state index in [1.165, 1.54) is 0 Å². The monoisotopic (exact) mass is 291 g/mol. The maximum atomic E-state index is 12.1. The molecule has 0 saturated carbocycles. The minimum absolute atomic E-state index is 0.123. The molecular formula is C16H25N3O2. The van der Waals surface area contributed by atoms with E-state index in [1.807, 2.05) is 24.0 Å². The molecule has 1 saturated heterocycles. The van der Waals surface area contributed by atoms with Gasteiger partial charge in [0, 0.05) is 45.2 Å². The molecule has 0 spiro atoms. The number of nitrogens with one attached hydrogen (secondary N) is 1. The van der Waals surface area contributed by atoms with Gasteiger partial charge in [0.05, 0.1) is 0 Å². The summed E-state index contributed by atoms with van der Waals surface area (Å²) in [6.45, 7) is 6.27. The van der Waals surface area contributed by atoms with Crippen LogP contribution in [0, 0.1) is 0 Å². The third-order valence-electron chi connectivity index (χ3n) is 4.02. The SMILES string of the molecule is C[C@H](NCCC(=O)N1CCN(C)CC1)c1cccc(O)c1. The number of benzene rings is 1. The van der Waals surface area contributed by atoms with Crippen molar-refractivity contribution >= 4 is 5.91 Å². The molecule has 1 aliphatic heterocycles. The van der Waals surface area contributed by atoms with Gasteiger partial charge in [0.1, 0.15) is 5.75 Å². The summed E-state index contributed by atoms with van der Waals surface area (Å²) >= 11 is 0. The Morgan fingerprint density at radius 1 is 1.33 bits per heavy atom. The van der Waals surface area contributed by atoms with Gasteiger partial charge in [0.15, 0.2) is 0 Å². The fourth-order valence-corrected chi connectivity index (χ4v) is 2.52. The number of likely N-dealkylation sites (N-methyl/N-ethyl adjacent to an activating group) is 1. The highest BCUT2D eigenvalue weighted by molar-refractivity contribution is 5.76. The average Bonchev–Trinajstić information content (AvgIpc) is 2.47. The van der Waals surface area contributed by atoms with Crippen LogP contribution in [0.25, 0.3) is 0 Å². The van der Waals surface area contributed by atoms with Crippen LogP contribution in [0.15, 0.2) is 24.3 Å². The van der Waals surface area contributed by atoms with Crippen LogP contribution in [0.2, 0.25) is 0 Å². The molecule has 2 rings (SSSR count). The van der Waals surface area contributed by atoms with Crippen molar-refractivity contribution in [2.45, 2.75) is 19.4 Å². The molecule has 1 atom stereocenters. The third kappa shape index (κ3) is 4.72. The summed E-state index contributed by atoms with van der Waals surface area (Å²) in [6, 6.07) is 7.34. The summed E-state index contributed by atoms with van der Waals surface area (Å²) < 4.78 is 0. The van der Waals surface area contributed by atoms with Crippen molar-refractivity contribution in [3.8, 4) is 5.75 Å². The summed E-state index contributed by atoms with van der Waals surface area (Å²) in [5.74, 6) is 0.494. The molecule has 0 bridgehead atoms. The summed E-state index contributed by atoms with van der Waals surface area (Å²) in [6.07, 6.45) is 0.521. The first-order chi connectivity index (χ1) is 10.1. The lowest BCUT2D eigenvalue weighted by atomic mass is 10.1. The highest BCUT2D eigenvalue weighted by Crippen LogP contribution is 2.17. The standard InChI is InChI=1S/C16H25N3O2/c1-13(14-4-3-5-15(20)12-14)17-7-6-16(21)19-10-8-18(2)9-11-19/h3-5,12-13,17,20H,6-11H2,1-2H3/t13-/m0/s1. The third-order valence-corrected chi connectivity index (χ3v) is 4.02. The lowest BCUT2D eigenvalue weighted by molar-refractivity contribution is -0.132. The van der Waals surface area contributed by atoms with E-state index >= 15 is 0 Å². The summed E-state index contributed by atoms with van der Waals surface area (Å²) in [5.41, 5.74) is 1.03. The van der Waals surface area contributed by atoms with E-state index in [4.69, 9.17) is 0 Å². The maximum absolute atomic E-state index is 12.1. The van der Waals surface area contributed by atoms with Crippen molar-refractivity contribution in [1.82, 2.24) is 15.1 Å². The number of hydrogen-bond donors (Lipinski definition) is 2. The normalized spacial score (nSPS) is 17.7. The molecule has 1 aromatic carbocycles. The van der Waals surface area contributed by atoms with Crippen LogP contribution < -0.4 is 5.32 Å². The first-order valence-corrected chi connectivity index (χ1v) is 7.55. The van der Waals surface area contributed by atoms with Gasteiger partial charge in [-0.2, -0.15) is 0 Å². The minimum atomic E-state index is 0.123. The summed E-state index contributed by atoms with van der Waals surface area (Å²) in [7, 11) is 2.08. The highest BCUT2D eigenvalue weighted by Gasteiger charge is 2.18. The van der Waals surface area contributed by atoms with Gasteiger partial charge in [0.25, 0.3) is 0 Å². The van der Waals surface area contributed by atoms with E-state index in [1.54, 1.807) is 12.1 Å². The predicted octanol–water partition coefficient (Wildman–Crippen LogP) is 1.21. The Morgan fingerprint density at radius 2 is 2.05 bits per heavy atom. The Morgan fingerprint density at radius 3 is 2.71 bits per heavy atom. The lowest BCUT2D eigenvalue weighted by Crippen LogP contribution is -2.47. The zero-order valence-electron chi connectivity index (χ0n) is 12.9. The second-order valence-corrected chi connectivity index (χ2v) is 5.70. The number of carbonyl (C=O) groups is 1. The van der Waals surface area contributed by atoms with E-state index in [-0.39, 0.29) is 17.7 Å². The maximum Gasteiger partial charge on any atom is 0.223 e. The molecule has 116 valence electrons. The number of amides is 1. The number of carbonyl (C=O) groups excluding carboxylic acids is 1. The first kappa shape index (κ1) is 15.8. The van der Waals surface area contributed by atoms with E-state index in [9.17, 15) is 9.90 Å². The van der Waals surface area contributed by atoms with Gasteiger partial charge in [-0.25, -0.2) is 0 Å². The zero-order valence-corrected chi connectivity index (χ0v) is 12.9. The Kier molecular flexibility index (Phi) is 5.59. The molecule has 0 aromatic heterocycles. The number of piperazine rings is 1. The molecule has 0 radical (unpaired) electrons. The van der Waals surface area contributed by atoms with Gasteiger partial charge in [-0.05, 0) is 31.7 Å². The van der Waals surface area contributed by atoms with Crippen LogP contribution in [0.1, 0.15) is 24.9 Å². The number of phenolic OH excluding ortho intramolecular Hbond substituents is 1. The number of phenols is 1. The van der Waals surface area contributed by atoms with Crippen molar-refractivity contribution in [1.29, 1.82) is 0 Å². The first-order valence-electron chi connectivity index (χ1n) is 7.55. The zero-order chi connectivity index (χ0) is 15.2. The van der Waals surface area contributed by atoms with Gasteiger partial charge >= 0.3 is 0 Å². The van der Waals surface area contributed by atoms with E-state index in [2.05, 4.69) is 17.3 Å². The van der Waals surface area contributed by atoms with Crippen LogP contribution in [-0.2, 0) is 4.79 Å². The number of hydrogen-bond acceptors (Lipinski definition) is 4. The van der Waals surface area contributed by atoms with Crippen LogP contribution in [-0.4, -0.2) is 60.6 Å². The van der Waals surface area contributed by atoms with Crippen molar-refractivity contribution in [2.24, 2.45) is 0 Å². The smallest absolute Gasteiger partial charge is 0.223 e. The fraction of sp³-hybridized carbons (Fsp3) is 0.562. The fourth-order valence-electron chi connectivity index (χ4n) is 2.52. The Bertz CT molecular complexity index is 470. The molecule has 1 fully saturated rings. The average molecular weight is 291 g/mol. The van der Waals surface area contributed by atoms with Crippen molar-refractivity contribution in [3.05, 3.63) is 29.8 Å². The minimum Gasteiger partial charge on any atom is -0.508 e. The Labute approximate surface area is 126 Å². The summed E-state index contributed by atoms with van der Waals surface area (Å²) in [4.78, 5) is 16.3. The summed E-state index contributed by atoms with van der Waals surface area (Å²) in [5, 5.41) is 12.8. The molecule has 2 N–H and O–H groups in total. The van der Waals surface area contributed by atoms with E-state index < -0.39 is 0 Å². The lowest BCUT2D eigenvalue weighted by Gasteiger charge is -2.32. The van der Waals surface area contributed by atoms with Crippen molar-refractivity contribution < 1.29 is 9.90 Å². The van der Waals surface area contributed by atoms with Crippen molar-refractivity contribution in [3.63, 3.8) is 0 Å². The molecule has 0 unspecified atom stereocenters. The number of nitrogens with zero attached hydrogens (tertiary/aromatic N) is 2. The van der Waals surface area contributed by atoms with Gasteiger partial charge in [-0.15, -0.1) is 0 Å². The molecular weight excluding hydrogens is 266 g/mol. The molecule has 5 nitrogen and oxygen atoms in total. The molecule has 1 aliphatic rings. The largest absolute Gasteiger partial charge is 0.508 e. The van der Waals surface area contributed by atoms with Gasteiger partial charge in [-0.1, -0.05) is 12.1 Å². The molecule has 5 heteroatoms.